The Morgan fingerprint density at radius 3 is 1.78 bits per heavy atom. The Labute approximate surface area is 152 Å². The van der Waals surface area contributed by atoms with Gasteiger partial charge in [-0.3, -0.25) is 4.52 Å². The van der Waals surface area contributed by atoms with Crippen LogP contribution in [0.1, 0.15) is 0 Å². The molecule has 14 nitrogen and oxygen atoms in total. The van der Waals surface area contributed by atoms with Gasteiger partial charge in [-0.2, -0.15) is 0 Å². The number of aliphatic hydroxyl groups excluding tert-OH is 7. The molecule has 0 spiro atoms. The van der Waals surface area contributed by atoms with Crippen molar-refractivity contribution >= 4 is 7.82 Å². The summed E-state index contributed by atoms with van der Waals surface area (Å²) in [6, 6.07) is 0. The molecule has 0 aliphatic carbocycles. The molecule has 0 radical (unpaired) electrons. The summed E-state index contributed by atoms with van der Waals surface area (Å²) in [5.74, 6) is 0. The molecule has 15 heteroatoms. The Balaban J connectivity index is 1.96. The zero-order chi connectivity index (χ0) is 20.5. The summed E-state index contributed by atoms with van der Waals surface area (Å²) >= 11 is 0. The third-order valence-electron chi connectivity index (χ3n) is 4.19. The van der Waals surface area contributed by atoms with E-state index in [9.17, 15) is 40.3 Å². The van der Waals surface area contributed by atoms with Crippen LogP contribution >= 0.6 is 7.82 Å². The molecule has 0 amide bonds. The van der Waals surface area contributed by atoms with Gasteiger partial charge in [-0.05, 0) is 0 Å². The van der Waals surface area contributed by atoms with E-state index in [1.807, 2.05) is 0 Å². The molecule has 0 saturated carbocycles. The highest BCUT2D eigenvalue weighted by Crippen LogP contribution is 2.37. The Morgan fingerprint density at radius 1 is 0.704 bits per heavy atom. The molecule has 1 unspecified atom stereocenters. The molecule has 0 aromatic heterocycles. The minimum atomic E-state index is -4.89. The van der Waals surface area contributed by atoms with E-state index in [-0.39, 0.29) is 0 Å². The third-order valence-corrected chi connectivity index (χ3v) is 4.67. The van der Waals surface area contributed by atoms with Crippen LogP contribution in [-0.2, 0) is 23.3 Å². The monoisotopic (exact) mass is 422 g/mol. The molecule has 10 atom stereocenters. The van der Waals surface area contributed by atoms with E-state index in [2.05, 4.69) is 4.52 Å². The van der Waals surface area contributed by atoms with Crippen LogP contribution in [-0.4, -0.2) is 120 Å². The number of phosphoric acid groups is 1. The van der Waals surface area contributed by atoms with Crippen LogP contribution in [0.4, 0.5) is 0 Å². The van der Waals surface area contributed by atoms with E-state index in [0.717, 1.165) is 0 Å². The summed E-state index contributed by atoms with van der Waals surface area (Å²) < 4.78 is 30.1. The van der Waals surface area contributed by atoms with Gasteiger partial charge in [0, 0.05) is 0 Å². The second kappa shape index (κ2) is 9.02. The van der Waals surface area contributed by atoms with Crippen molar-refractivity contribution in [3.8, 4) is 0 Å². The van der Waals surface area contributed by atoms with Crippen molar-refractivity contribution in [3.05, 3.63) is 0 Å². The van der Waals surface area contributed by atoms with Gasteiger partial charge in [0.25, 0.3) is 0 Å². The van der Waals surface area contributed by atoms with Crippen molar-refractivity contribution < 1.29 is 68.8 Å². The van der Waals surface area contributed by atoms with Gasteiger partial charge in [0.15, 0.2) is 12.6 Å². The molecule has 2 saturated heterocycles. The highest BCUT2D eigenvalue weighted by molar-refractivity contribution is 7.46. The summed E-state index contributed by atoms with van der Waals surface area (Å²) in [4.78, 5) is 17.4. The fourth-order valence-electron chi connectivity index (χ4n) is 2.62. The average molecular weight is 422 g/mol. The number of aliphatic hydroxyl groups is 7. The molecule has 2 heterocycles. The van der Waals surface area contributed by atoms with Crippen LogP contribution in [0.2, 0.25) is 0 Å². The Hall–Kier alpha value is -0.290. The molecule has 2 aliphatic heterocycles. The molecule has 160 valence electrons. The Kier molecular flexibility index (Phi) is 7.68. The molecule has 9 N–H and O–H groups in total. The van der Waals surface area contributed by atoms with Crippen molar-refractivity contribution in [2.45, 2.75) is 61.4 Å². The van der Waals surface area contributed by atoms with Gasteiger partial charge in [0.2, 0.25) is 0 Å². The first kappa shape index (κ1) is 23.0. The maximum Gasteiger partial charge on any atom is 0.469 e. The van der Waals surface area contributed by atoms with E-state index in [0.29, 0.717) is 0 Å². The van der Waals surface area contributed by atoms with Gasteiger partial charge in [0.1, 0.15) is 48.8 Å². The van der Waals surface area contributed by atoms with Crippen molar-refractivity contribution in [2.75, 3.05) is 13.2 Å². The highest BCUT2D eigenvalue weighted by Gasteiger charge is 2.47. The molecule has 0 aromatic carbocycles. The van der Waals surface area contributed by atoms with Crippen molar-refractivity contribution in [1.82, 2.24) is 0 Å². The first-order chi connectivity index (χ1) is 12.4. The highest BCUT2D eigenvalue weighted by atomic mass is 31.2. The van der Waals surface area contributed by atoms with Crippen LogP contribution in [0, 0.1) is 0 Å². The largest absolute Gasteiger partial charge is 0.469 e. The van der Waals surface area contributed by atoms with Crippen molar-refractivity contribution in [2.24, 2.45) is 0 Å². The molecule has 0 aromatic rings. The summed E-state index contributed by atoms with van der Waals surface area (Å²) in [5, 5.41) is 67.8. The number of phosphoric ester groups is 1. The van der Waals surface area contributed by atoms with Gasteiger partial charge >= 0.3 is 7.82 Å². The lowest BCUT2D eigenvalue weighted by Crippen LogP contribution is -2.61. The summed E-state index contributed by atoms with van der Waals surface area (Å²) in [6.07, 6.45) is -16.8. The number of rotatable bonds is 6. The van der Waals surface area contributed by atoms with Gasteiger partial charge < -0.3 is 59.7 Å². The van der Waals surface area contributed by atoms with Gasteiger partial charge in [-0.25, -0.2) is 4.57 Å². The van der Waals surface area contributed by atoms with Crippen LogP contribution in [0.3, 0.4) is 0 Å². The normalized spacial score (nSPS) is 46.4. The zero-order valence-electron chi connectivity index (χ0n) is 13.7. The number of ether oxygens (including phenoxy) is 3. The quantitative estimate of drug-likeness (QED) is 0.182. The van der Waals surface area contributed by atoms with E-state index in [4.69, 9.17) is 24.0 Å². The van der Waals surface area contributed by atoms with Gasteiger partial charge in [0.05, 0.1) is 13.2 Å². The summed E-state index contributed by atoms with van der Waals surface area (Å²) in [6.45, 7) is -1.42. The number of hydrogen-bond donors (Lipinski definition) is 9. The van der Waals surface area contributed by atoms with Crippen molar-refractivity contribution in [3.63, 3.8) is 0 Å². The smallest absolute Gasteiger partial charge is 0.387 e. The fourth-order valence-corrected chi connectivity index (χ4v) is 2.96. The second-order valence-electron chi connectivity index (χ2n) is 6.17. The maximum absolute atomic E-state index is 10.7. The first-order valence-corrected chi connectivity index (χ1v) is 9.34. The van der Waals surface area contributed by atoms with Crippen LogP contribution in [0.15, 0.2) is 0 Å². The molecule has 2 aliphatic rings. The number of hydrogen-bond acceptors (Lipinski definition) is 12. The lowest BCUT2D eigenvalue weighted by molar-refractivity contribution is -0.325. The predicted molar refractivity (Wildman–Crippen MR) is 79.5 cm³/mol. The van der Waals surface area contributed by atoms with Crippen LogP contribution in [0.5, 0.6) is 0 Å². The SMILES string of the molecule is O=P(O)(O)OC[C@H]1O[C@@H](OC[C@H]2OC(O)[C@H](O)[C@@H](O)[C@@H]2O)[C@H](O)[C@@H](O)[C@@H]1O. The Bertz CT molecular complexity index is 528. The minimum Gasteiger partial charge on any atom is -0.387 e. The van der Waals surface area contributed by atoms with E-state index in [1.54, 1.807) is 0 Å². The minimum absolute atomic E-state index is 0.585. The van der Waals surface area contributed by atoms with E-state index in [1.165, 1.54) is 0 Å². The molecule has 0 bridgehead atoms. The maximum atomic E-state index is 10.7. The standard InChI is InChI=1S/C12H23O14P/c13-5-3(25-11(19)9(17)7(5)15)1-23-12-10(18)8(16)6(14)4(26-12)2-24-27(20,21)22/h3-19H,1-2H2,(H2,20,21,22)/t3-,4-,5-,6-,7+,8+,9-,10-,11?,12-/m1/s1. The van der Waals surface area contributed by atoms with Crippen LogP contribution in [0.25, 0.3) is 0 Å². The van der Waals surface area contributed by atoms with Gasteiger partial charge in [-0.15, -0.1) is 0 Å². The molecular weight excluding hydrogens is 399 g/mol. The first-order valence-electron chi connectivity index (χ1n) is 7.81. The molecular formula is C12H23O14P. The predicted octanol–water partition coefficient (Wildman–Crippen LogP) is -5.28. The Morgan fingerprint density at radius 2 is 1.22 bits per heavy atom. The molecule has 27 heavy (non-hydrogen) atoms. The van der Waals surface area contributed by atoms with Crippen molar-refractivity contribution in [1.29, 1.82) is 0 Å². The summed E-state index contributed by atoms with van der Waals surface area (Å²) in [5.41, 5.74) is 0. The topological polar surface area (TPSA) is 236 Å². The second-order valence-corrected chi connectivity index (χ2v) is 7.41. The van der Waals surface area contributed by atoms with E-state index < -0.39 is 82.4 Å². The molecule has 2 rings (SSSR count). The summed E-state index contributed by atoms with van der Waals surface area (Å²) in [7, 11) is -4.89. The lowest BCUT2D eigenvalue weighted by Gasteiger charge is -2.42. The molecule has 2 fully saturated rings. The zero-order valence-corrected chi connectivity index (χ0v) is 14.6. The van der Waals surface area contributed by atoms with E-state index >= 15 is 0 Å². The average Bonchev–Trinajstić information content (AvgIpc) is 2.59. The van der Waals surface area contributed by atoms with Gasteiger partial charge in [-0.1, -0.05) is 0 Å². The fraction of sp³-hybridized carbons (Fsp3) is 1.00. The lowest BCUT2D eigenvalue weighted by atomic mass is 9.98. The third kappa shape index (κ3) is 5.62. The van der Waals surface area contributed by atoms with Crippen LogP contribution < -0.4 is 0 Å².